The molecule has 86 valence electrons. The van der Waals surface area contributed by atoms with E-state index in [0.717, 1.165) is 10.0 Å². The number of nitrogens with zero attached hydrogens (tertiary/aromatic N) is 2. The summed E-state index contributed by atoms with van der Waals surface area (Å²) in [4.78, 5) is 4.26. The van der Waals surface area contributed by atoms with Crippen LogP contribution >= 0.6 is 15.9 Å². The maximum Gasteiger partial charge on any atom is 0.240 e. The molecule has 2 rings (SSSR count). The zero-order valence-corrected chi connectivity index (χ0v) is 10.6. The van der Waals surface area contributed by atoms with Gasteiger partial charge >= 0.3 is 0 Å². The van der Waals surface area contributed by atoms with Crippen LogP contribution in [0.25, 0.3) is 11.4 Å². The van der Waals surface area contributed by atoms with Gasteiger partial charge in [0.2, 0.25) is 11.7 Å². The Hall–Kier alpha value is -1.64. The molecule has 0 saturated heterocycles. The minimum absolute atomic E-state index is 0.477. The van der Waals surface area contributed by atoms with Crippen molar-refractivity contribution in [1.29, 1.82) is 0 Å². The van der Waals surface area contributed by atoms with Crippen molar-refractivity contribution in [3.05, 3.63) is 34.6 Å². The second-order valence-electron chi connectivity index (χ2n) is 3.33. The van der Waals surface area contributed by atoms with Crippen molar-refractivity contribution in [1.82, 2.24) is 15.5 Å². The van der Waals surface area contributed by atoms with E-state index in [1.54, 1.807) is 0 Å². The molecule has 17 heavy (non-hydrogen) atoms. The van der Waals surface area contributed by atoms with E-state index < -0.39 is 0 Å². The van der Waals surface area contributed by atoms with Gasteiger partial charge in [-0.05, 0) is 12.1 Å². The summed E-state index contributed by atoms with van der Waals surface area (Å²) < 4.78 is 6.08. The Balaban J connectivity index is 2.10. The number of aromatic nitrogens is 2. The van der Waals surface area contributed by atoms with Crippen LogP contribution in [0.4, 0.5) is 0 Å². The molecule has 0 fully saturated rings. The standard InChI is InChI=1S/C12H10BrN3O/c1-2-6-14-8-11-15-12(16-17-11)9-4-3-5-10(13)7-9/h1,3-5,7,14H,6,8H2. The third-order valence-corrected chi connectivity index (χ3v) is 2.55. The molecule has 0 aliphatic rings. The first-order valence-corrected chi connectivity index (χ1v) is 5.81. The number of hydrogen-bond acceptors (Lipinski definition) is 4. The Labute approximate surface area is 108 Å². The molecule has 5 heteroatoms. The number of halogens is 1. The van der Waals surface area contributed by atoms with Gasteiger partial charge in [0.25, 0.3) is 0 Å². The molecule has 0 radical (unpaired) electrons. The topological polar surface area (TPSA) is 51.0 Å². The quantitative estimate of drug-likeness (QED) is 0.693. The normalized spacial score (nSPS) is 10.1. The van der Waals surface area contributed by atoms with Crippen molar-refractivity contribution in [2.24, 2.45) is 0 Å². The highest BCUT2D eigenvalue weighted by Gasteiger charge is 2.07. The van der Waals surface area contributed by atoms with Gasteiger partial charge in [0.1, 0.15) is 0 Å². The van der Waals surface area contributed by atoms with E-state index in [-0.39, 0.29) is 0 Å². The predicted molar refractivity (Wildman–Crippen MR) is 68.0 cm³/mol. The van der Waals surface area contributed by atoms with Gasteiger partial charge in [0.05, 0.1) is 13.1 Å². The minimum Gasteiger partial charge on any atom is -0.338 e. The molecule has 4 nitrogen and oxygen atoms in total. The van der Waals surface area contributed by atoms with Gasteiger partial charge in [-0.3, -0.25) is 5.32 Å². The third-order valence-electron chi connectivity index (χ3n) is 2.05. The van der Waals surface area contributed by atoms with Gasteiger partial charge in [-0.2, -0.15) is 4.98 Å². The molecule has 1 N–H and O–H groups in total. The molecule has 0 unspecified atom stereocenters. The Kier molecular flexibility index (Phi) is 3.91. The summed E-state index contributed by atoms with van der Waals surface area (Å²) >= 11 is 3.40. The zero-order valence-electron chi connectivity index (χ0n) is 8.98. The lowest BCUT2D eigenvalue weighted by Gasteiger charge is -1.94. The molecule has 1 heterocycles. The number of benzene rings is 1. The lowest BCUT2D eigenvalue weighted by Crippen LogP contribution is -2.13. The van der Waals surface area contributed by atoms with E-state index in [2.05, 4.69) is 37.3 Å². The monoisotopic (exact) mass is 291 g/mol. The van der Waals surface area contributed by atoms with E-state index in [1.165, 1.54) is 0 Å². The van der Waals surface area contributed by atoms with Crippen LogP contribution in [0.5, 0.6) is 0 Å². The van der Waals surface area contributed by atoms with Gasteiger partial charge in [0.15, 0.2) is 0 Å². The first-order chi connectivity index (χ1) is 8.29. The second-order valence-corrected chi connectivity index (χ2v) is 4.25. The summed E-state index contributed by atoms with van der Waals surface area (Å²) in [7, 11) is 0. The number of hydrogen-bond donors (Lipinski definition) is 1. The number of terminal acetylenes is 1. The minimum atomic E-state index is 0.477. The maximum absolute atomic E-state index is 5.12. The summed E-state index contributed by atoms with van der Waals surface area (Å²) in [5.74, 6) is 3.57. The van der Waals surface area contributed by atoms with Gasteiger partial charge < -0.3 is 4.52 Å². The van der Waals surface area contributed by atoms with E-state index in [4.69, 9.17) is 10.9 Å². The average molecular weight is 292 g/mol. The van der Waals surface area contributed by atoms with E-state index in [0.29, 0.717) is 24.8 Å². The Bertz CT molecular complexity index is 545. The number of nitrogens with one attached hydrogen (secondary N) is 1. The van der Waals surface area contributed by atoms with Crippen molar-refractivity contribution in [3.63, 3.8) is 0 Å². The Morgan fingerprint density at radius 3 is 3.12 bits per heavy atom. The SMILES string of the molecule is C#CCNCc1nc(-c2cccc(Br)c2)no1. The summed E-state index contributed by atoms with van der Waals surface area (Å²) in [5.41, 5.74) is 0.909. The van der Waals surface area contributed by atoms with Crippen LogP contribution in [0.1, 0.15) is 5.89 Å². The van der Waals surface area contributed by atoms with Crippen molar-refractivity contribution in [2.75, 3.05) is 6.54 Å². The molecule has 0 aliphatic heterocycles. The van der Waals surface area contributed by atoms with Gasteiger partial charge in [-0.1, -0.05) is 39.1 Å². The third kappa shape index (κ3) is 3.16. The maximum atomic E-state index is 5.12. The Morgan fingerprint density at radius 1 is 1.47 bits per heavy atom. The zero-order chi connectivity index (χ0) is 12.1. The number of rotatable bonds is 4. The largest absolute Gasteiger partial charge is 0.338 e. The highest BCUT2D eigenvalue weighted by atomic mass is 79.9. The van der Waals surface area contributed by atoms with Crippen molar-refractivity contribution >= 4 is 15.9 Å². The molecule has 0 amide bonds. The van der Waals surface area contributed by atoms with E-state index >= 15 is 0 Å². The summed E-state index contributed by atoms with van der Waals surface area (Å²) in [6.45, 7) is 0.958. The van der Waals surface area contributed by atoms with Crippen LogP contribution in [0.3, 0.4) is 0 Å². The smallest absolute Gasteiger partial charge is 0.240 e. The fourth-order valence-electron chi connectivity index (χ4n) is 1.31. The van der Waals surface area contributed by atoms with Crippen molar-refractivity contribution in [2.45, 2.75) is 6.54 Å². The summed E-state index contributed by atoms with van der Waals surface area (Å²) in [5, 5.41) is 6.89. The molecule has 2 aromatic rings. The molecule has 0 spiro atoms. The van der Waals surface area contributed by atoms with E-state index in [9.17, 15) is 0 Å². The first-order valence-electron chi connectivity index (χ1n) is 5.02. The van der Waals surface area contributed by atoms with Crippen LogP contribution in [0.15, 0.2) is 33.3 Å². The molecular weight excluding hydrogens is 282 g/mol. The average Bonchev–Trinajstić information content (AvgIpc) is 2.78. The first kappa shape index (κ1) is 11.8. The van der Waals surface area contributed by atoms with Crippen molar-refractivity contribution < 1.29 is 4.52 Å². The van der Waals surface area contributed by atoms with Crippen LogP contribution in [-0.4, -0.2) is 16.7 Å². The molecule has 1 aromatic carbocycles. The molecule has 0 bridgehead atoms. The summed E-state index contributed by atoms with van der Waals surface area (Å²) in [6.07, 6.45) is 5.12. The van der Waals surface area contributed by atoms with Crippen LogP contribution in [0, 0.1) is 12.3 Å². The molecule has 0 atom stereocenters. The van der Waals surface area contributed by atoms with Crippen LogP contribution in [-0.2, 0) is 6.54 Å². The fraction of sp³-hybridized carbons (Fsp3) is 0.167. The lowest BCUT2D eigenvalue weighted by atomic mass is 10.2. The lowest BCUT2D eigenvalue weighted by molar-refractivity contribution is 0.370. The van der Waals surface area contributed by atoms with Gasteiger partial charge in [0, 0.05) is 10.0 Å². The summed E-state index contributed by atoms with van der Waals surface area (Å²) in [6, 6.07) is 7.72. The molecule has 0 saturated carbocycles. The highest BCUT2D eigenvalue weighted by Crippen LogP contribution is 2.20. The second kappa shape index (κ2) is 5.62. The van der Waals surface area contributed by atoms with Crippen LogP contribution < -0.4 is 5.32 Å². The van der Waals surface area contributed by atoms with Gasteiger partial charge in [-0.25, -0.2) is 0 Å². The van der Waals surface area contributed by atoms with Gasteiger partial charge in [-0.15, -0.1) is 6.42 Å². The molecule has 1 aromatic heterocycles. The predicted octanol–water partition coefficient (Wildman–Crippen LogP) is 2.22. The Morgan fingerprint density at radius 2 is 2.35 bits per heavy atom. The van der Waals surface area contributed by atoms with Crippen LogP contribution in [0.2, 0.25) is 0 Å². The molecular formula is C12H10BrN3O. The van der Waals surface area contributed by atoms with Crippen molar-refractivity contribution in [3.8, 4) is 23.7 Å². The fourth-order valence-corrected chi connectivity index (χ4v) is 1.71. The highest BCUT2D eigenvalue weighted by molar-refractivity contribution is 9.10. The molecule has 0 aliphatic carbocycles. The van der Waals surface area contributed by atoms with E-state index in [1.807, 2.05) is 24.3 Å².